The molecule has 1 N–H and O–H groups in total. The Kier molecular flexibility index (Phi) is 3.31. The zero-order valence-electron chi connectivity index (χ0n) is 8.55. The van der Waals surface area contributed by atoms with Crippen LogP contribution in [0.4, 0.5) is 0 Å². The Balaban J connectivity index is 2.22. The molecule has 3 nitrogen and oxygen atoms in total. The molecule has 0 aromatic heterocycles. The van der Waals surface area contributed by atoms with E-state index >= 15 is 0 Å². The summed E-state index contributed by atoms with van der Waals surface area (Å²) < 4.78 is 0. The largest absolute Gasteiger partial charge is 0.481 e. The molecule has 76 valence electrons. The Labute approximate surface area is 79.7 Å². The lowest BCUT2D eigenvalue weighted by molar-refractivity contribution is -0.143. The van der Waals surface area contributed by atoms with Gasteiger partial charge in [-0.25, -0.2) is 0 Å². The lowest BCUT2D eigenvalue weighted by Crippen LogP contribution is -2.26. The van der Waals surface area contributed by atoms with Gasteiger partial charge >= 0.3 is 5.97 Å². The first-order valence-corrected chi connectivity index (χ1v) is 5.03. The van der Waals surface area contributed by atoms with Crippen LogP contribution in [0.2, 0.25) is 0 Å². The minimum Gasteiger partial charge on any atom is -0.481 e. The highest BCUT2D eigenvalue weighted by molar-refractivity contribution is 5.77. The van der Waals surface area contributed by atoms with Gasteiger partial charge in [0.2, 0.25) is 0 Å². The quantitative estimate of drug-likeness (QED) is 0.683. The number of aliphatic carboxylic acids is 1. The van der Waals surface area contributed by atoms with Crippen LogP contribution in [0.3, 0.4) is 0 Å². The summed E-state index contributed by atoms with van der Waals surface area (Å²) in [5.74, 6) is -0.600. The predicted octanol–water partition coefficient (Wildman–Crippen LogP) is 1.58. The topological polar surface area (TPSA) is 40.5 Å². The molecule has 1 fully saturated rings. The molecular formula is C10H19NO2. The van der Waals surface area contributed by atoms with Crippen molar-refractivity contribution < 1.29 is 9.90 Å². The van der Waals surface area contributed by atoms with Crippen molar-refractivity contribution in [1.82, 2.24) is 4.90 Å². The van der Waals surface area contributed by atoms with Gasteiger partial charge in [0.15, 0.2) is 0 Å². The summed E-state index contributed by atoms with van der Waals surface area (Å²) in [6.45, 7) is 4.12. The molecule has 0 spiro atoms. The lowest BCUT2D eigenvalue weighted by atomic mass is 10.0. The summed E-state index contributed by atoms with van der Waals surface area (Å²) in [4.78, 5) is 13.0. The molecule has 0 bridgehead atoms. The average Bonchev–Trinajstić information content (AvgIpc) is 2.82. The molecule has 0 aromatic rings. The number of rotatable bonds is 6. The summed E-state index contributed by atoms with van der Waals surface area (Å²) in [6, 6.07) is 0. The molecule has 13 heavy (non-hydrogen) atoms. The Morgan fingerprint density at radius 3 is 2.46 bits per heavy atom. The fourth-order valence-corrected chi connectivity index (χ4v) is 1.62. The van der Waals surface area contributed by atoms with Crippen LogP contribution < -0.4 is 0 Å². The van der Waals surface area contributed by atoms with Gasteiger partial charge in [0.1, 0.15) is 0 Å². The van der Waals surface area contributed by atoms with E-state index in [1.807, 2.05) is 0 Å². The van der Waals surface area contributed by atoms with Crippen LogP contribution in [0.5, 0.6) is 0 Å². The van der Waals surface area contributed by atoms with Gasteiger partial charge < -0.3 is 10.0 Å². The highest BCUT2D eigenvalue weighted by atomic mass is 16.4. The molecule has 0 saturated heterocycles. The van der Waals surface area contributed by atoms with Crippen LogP contribution in [0.15, 0.2) is 0 Å². The number of hydrogen-bond acceptors (Lipinski definition) is 2. The molecule has 1 aliphatic rings. The van der Waals surface area contributed by atoms with Gasteiger partial charge in [0.25, 0.3) is 0 Å². The summed E-state index contributed by atoms with van der Waals surface area (Å²) >= 11 is 0. The van der Waals surface area contributed by atoms with E-state index in [4.69, 9.17) is 5.11 Å². The zero-order valence-corrected chi connectivity index (χ0v) is 8.55. The third-order valence-electron chi connectivity index (χ3n) is 2.88. The Hall–Kier alpha value is -0.570. The molecular weight excluding hydrogens is 166 g/mol. The fraction of sp³-hybridized carbons (Fsp3) is 0.900. The van der Waals surface area contributed by atoms with Crippen molar-refractivity contribution >= 4 is 5.97 Å². The van der Waals surface area contributed by atoms with Crippen molar-refractivity contribution in [3.05, 3.63) is 0 Å². The second-order valence-electron chi connectivity index (χ2n) is 4.14. The maximum atomic E-state index is 10.8. The molecule has 0 aromatic carbocycles. The first-order chi connectivity index (χ1) is 6.10. The van der Waals surface area contributed by atoms with Crippen LogP contribution in [0.1, 0.15) is 32.6 Å². The summed E-state index contributed by atoms with van der Waals surface area (Å²) in [5.41, 5.74) is -0.345. The van der Waals surface area contributed by atoms with E-state index in [1.165, 1.54) is 0 Å². The standard InChI is InChI=1S/C10H19NO2/c1-3-7-11(2)8-6-10(4-5-10)9(12)13/h3-8H2,1-2H3,(H,12,13). The molecule has 1 aliphatic carbocycles. The summed E-state index contributed by atoms with van der Waals surface area (Å²) in [6.07, 6.45) is 3.71. The number of carboxylic acid groups (broad SMARTS) is 1. The van der Waals surface area contributed by atoms with E-state index < -0.39 is 5.97 Å². The third kappa shape index (κ3) is 2.69. The molecule has 0 amide bonds. The van der Waals surface area contributed by atoms with Crippen molar-refractivity contribution in [2.45, 2.75) is 32.6 Å². The number of carbonyl (C=O) groups is 1. The number of carboxylic acids is 1. The van der Waals surface area contributed by atoms with Gasteiger partial charge in [-0.3, -0.25) is 4.79 Å². The van der Waals surface area contributed by atoms with Crippen LogP contribution in [-0.4, -0.2) is 36.1 Å². The van der Waals surface area contributed by atoms with Crippen LogP contribution in [-0.2, 0) is 4.79 Å². The highest BCUT2D eigenvalue weighted by Crippen LogP contribution is 2.48. The normalized spacial score (nSPS) is 19.0. The molecule has 0 aliphatic heterocycles. The van der Waals surface area contributed by atoms with Gasteiger partial charge in [-0.05, 0) is 45.8 Å². The van der Waals surface area contributed by atoms with E-state index in [0.29, 0.717) is 0 Å². The second-order valence-corrected chi connectivity index (χ2v) is 4.14. The number of hydrogen-bond donors (Lipinski definition) is 1. The minimum absolute atomic E-state index is 0.345. The van der Waals surface area contributed by atoms with Gasteiger partial charge in [0.05, 0.1) is 5.41 Å². The molecule has 0 unspecified atom stereocenters. The Morgan fingerprint density at radius 1 is 1.46 bits per heavy atom. The number of nitrogens with zero attached hydrogens (tertiary/aromatic N) is 1. The smallest absolute Gasteiger partial charge is 0.309 e. The summed E-state index contributed by atoms with van der Waals surface area (Å²) in [7, 11) is 2.06. The molecule has 1 rings (SSSR count). The predicted molar refractivity (Wildman–Crippen MR) is 51.7 cm³/mol. The Morgan fingerprint density at radius 2 is 2.08 bits per heavy atom. The zero-order chi connectivity index (χ0) is 9.90. The first kappa shape index (κ1) is 10.5. The van der Waals surface area contributed by atoms with Crippen molar-refractivity contribution in [3.8, 4) is 0 Å². The third-order valence-corrected chi connectivity index (χ3v) is 2.88. The van der Waals surface area contributed by atoms with Crippen molar-refractivity contribution in [2.24, 2.45) is 5.41 Å². The van der Waals surface area contributed by atoms with Gasteiger partial charge in [-0.2, -0.15) is 0 Å². The second kappa shape index (κ2) is 4.09. The minimum atomic E-state index is -0.600. The van der Waals surface area contributed by atoms with Crippen LogP contribution in [0.25, 0.3) is 0 Å². The molecule has 0 heterocycles. The van der Waals surface area contributed by atoms with E-state index in [2.05, 4.69) is 18.9 Å². The van der Waals surface area contributed by atoms with Crippen molar-refractivity contribution in [3.63, 3.8) is 0 Å². The van der Waals surface area contributed by atoms with E-state index in [-0.39, 0.29) is 5.41 Å². The monoisotopic (exact) mass is 185 g/mol. The molecule has 0 atom stereocenters. The highest BCUT2D eigenvalue weighted by Gasteiger charge is 2.49. The molecule has 3 heteroatoms. The van der Waals surface area contributed by atoms with E-state index in [1.54, 1.807) is 0 Å². The maximum Gasteiger partial charge on any atom is 0.309 e. The van der Waals surface area contributed by atoms with Crippen LogP contribution in [0, 0.1) is 5.41 Å². The molecule has 0 radical (unpaired) electrons. The van der Waals surface area contributed by atoms with Gasteiger partial charge in [-0.1, -0.05) is 6.92 Å². The average molecular weight is 185 g/mol. The van der Waals surface area contributed by atoms with Crippen molar-refractivity contribution in [1.29, 1.82) is 0 Å². The fourth-order valence-electron chi connectivity index (χ4n) is 1.62. The SMILES string of the molecule is CCCN(C)CCC1(C(=O)O)CC1. The van der Waals surface area contributed by atoms with E-state index in [0.717, 1.165) is 38.8 Å². The first-order valence-electron chi connectivity index (χ1n) is 5.03. The van der Waals surface area contributed by atoms with E-state index in [9.17, 15) is 4.79 Å². The van der Waals surface area contributed by atoms with Crippen LogP contribution >= 0.6 is 0 Å². The van der Waals surface area contributed by atoms with Gasteiger partial charge in [-0.15, -0.1) is 0 Å². The summed E-state index contributed by atoms with van der Waals surface area (Å²) in [5, 5.41) is 8.93. The molecule has 1 saturated carbocycles. The van der Waals surface area contributed by atoms with Gasteiger partial charge in [0, 0.05) is 0 Å². The Bertz CT molecular complexity index is 187. The van der Waals surface area contributed by atoms with Crippen molar-refractivity contribution in [2.75, 3.05) is 20.1 Å². The lowest BCUT2D eigenvalue weighted by Gasteiger charge is -2.17. The maximum absolute atomic E-state index is 10.8.